The maximum Gasteiger partial charge on any atom is 0.191 e. The second-order valence-electron chi connectivity index (χ2n) is 5.38. The molecule has 3 nitrogen and oxygen atoms in total. The van der Waals surface area contributed by atoms with Gasteiger partial charge in [-0.25, -0.2) is 4.99 Å². The van der Waals surface area contributed by atoms with Crippen molar-refractivity contribution in [1.82, 2.24) is 10.6 Å². The van der Waals surface area contributed by atoms with Crippen LogP contribution in [-0.2, 0) is 6.54 Å². The van der Waals surface area contributed by atoms with Gasteiger partial charge in [0, 0.05) is 17.5 Å². The zero-order chi connectivity index (χ0) is 13.5. The molecule has 114 valence electrons. The summed E-state index contributed by atoms with van der Waals surface area (Å²) < 4.78 is 0. The van der Waals surface area contributed by atoms with Crippen LogP contribution in [0.5, 0.6) is 0 Å². The first-order valence-corrected chi connectivity index (χ1v) is 8.23. The van der Waals surface area contributed by atoms with Gasteiger partial charge in [-0.05, 0) is 50.0 Å². The van der Waals surface area contributed by atoms with Gasteiger partial charge in [0.25, 0.3) is 0 Å². The lowest BCUT2D eigenvalue weighted by molar-refractivity contribution is 0.329. The van der Waals surface area contributed by atoms with Gasteiger partial charge in [-0.15, -0.1) is 35.3 Å². The fraction of sp³-hybridized carbons (Fsp3) is 0.667. The van der Waals surface area contributed by atoms with E-state index in [0.717, 1.165) is 25.0 Å². The molecule has 0 atom stereocenters. The molecule has 1 fully saturated rings. The second kappa shape index (κ2) is 9.60. The van der Waals surface area contributed by atoms with Crippen molar-refractivity contribution in [3.63, 3.8) is 0 Å². The summed E-state index contributed by atoms with van der Waals surface area (Å²) in [5, 5.41) is 9.04. The highest BCUT2D eigenvalue weighted by atomic mass is 127. The summed E-state index contributed by atoms with van der Waals surface area (Å²) in [5.41, 5.74) is 0. The fourth-order valence-corrected chi connectivity index (χ4v) is 3.11. The third-order valence-corrected chi connectivity index (χ3v) is 4.54. The number of nitrogens with one attached hydrogen (secondary N) is 2. The van der Waals surface area contributed by atoms with Gasteiger partial charge >= 0.3 is 0 Å². The molecule has 1 heterocycles. The van der Waals surface area contributed by atoms with E-state index < -0.39 is 0 Å². The molecule has 0 aromatic carbocycles. The van der Waals surface area contributed by atoms with Crippen LogP contribution in [0.15, 0.2) is 22.5 Å². The molecule has 0 bridgehead atoms. The van der Waals surface area contributed by atoms with E-state index in [1.54, 1.807) is 11.3 Å². The zero-order valence-electron chi connectivity index (χ0n) is 12.4. The number of hydrogen-bond donors (Lipinski definition) is 2. The van der Waals surface area contributed by atoms with Gasteiger partial charge in [0.2, 0.25) is 0 Å². The molecular weight excluding hydrogens is 381 g/mol. The molecule has 1 aromatic rings. The Kier molecular flexibility index (Phi) is 8.52. The van der Waals surface area contributed by atoms with E-state index in [2.05, 4.69) is 47.0 Å². The topological polar surface area (TPSA) is 36.4 Å². The van der Waals surface area contributed by atoms with Crippen molar-refractivity contribution >= 4 is 41.3 Å². The highest BCUT2D eigenvalue weighted by molar-refractivity contribution is 14.0. The minimum atomic E-state index is 0. The highest BCUT2D eigenvalue weighted by Crippen LogP contribution is 2.23. The van der Waals surface area contributed by atoms with E-state index in [-0.39, 0.29) is 24.0 Å². The number of rotatable bonds is 4. The quantitative estimate of drug-likeness (QED) is 0.450. The molecule has 1 saturated carbocycles. The SMILES string of the molecule is CCNC(=NCc1cccs1)NC1CCC(C)CC1.I. The van der Waals surface area contributed by atoms with E-state index in [0.29, 0.717) is 6.04 Å². The van der Waals surface area contributed by atoms with Crippen LogP contribution in [0.4, 0.5) is 0 Å². The molecule has 0 spiro atoms. The molecule has 5 heteroatoms. The van der Waals surface area contributed by atoms with E-state index in [1.165, 1.54) is 30.6 Å². The summed E-state index contributed by atoms with van der Waals surface area (Å²) in [6.45, 7) is 6.16. The average molecular weight is 407 g/mol. The van der Waals surface area contributed by atoms with E-state index >= 15 is 0 Å². The molecule has 2 rings (SSSR count). The zero-order valence-corrected chi connectivity index (χ0v) is 15.5. The summed E-state index contributed by atoms with van der Waals surface area (Å²) >= 11 is 1.77. The molecule has 0 unspecified atom stereocenters. The lowest BCUT2D eigenvalue weighted by Crippen LogP contribution is -2.44. The van der Waals surface area contributed by atoms with Gasteiger partial charge in [-0.3, -0.25) is 0 Å². The molecule has 2 N–H and O–H groups in total. The van der Waals surface area contributed by atoms with Crippen LogP contribution in [0, 0.1) is 5.92 Å². The van der Waals surface area contributed by atoms with Crippen LogP contribution >= 0.6 is 35.3 Å². The van der Waals surface area contributed by atoms with Gasteiger partial charge in [-0.1, -0.05) is 13.0 Å². The summed E-state index contributed by atoms with van der Waals surface area (Å²) in [5.74, 6) is 1.86. The first-order chi connectivity index (χ1) is 9.28. The predicted octanol–water partition coefficient (Wildman–Crippen LogP) is 4.00. The largest absolute Gasteiger partial charge is 0.357 e. The standard InChI is InChI=1S/C15H25N3S.HI/c1-3-16-15(17-11-14-5-4-10-19-14)18-13-8-6-12(2)7-9-13;/h4-5,10,12-13H,3,6-9,11H2,1-2H3,(H2,16,17,18);1H. The lowest BCUT2D eigenvalue weighted by atomic mass is 9.87. The third-order valence-electron chi connectivity index (χ3n) is 3.67. The maximum atomic E-state index is 4.67. The van der Waals surface area contributed by atoms with Crippen molar-refractivity contribution in [3.05, 3.63) is 22.4 Å². The maximum absolute atomic E-state index is 4.67. The van der Waals surface area contributed by atoms with Crippen molar-refractivity contribution in [1.29, 1.82) is 0 Å². The summed E-state index contributed by atoms with van der Waals surface area (Å²) in [4.78, 5) is 5.99. The molecule has 20 heavy (non-hydrogen) atoms. The monoisotopic (exact) mass is 407 g/mol. The Hall–Kier alpha value is -0.300. The normalized spacial score (nSPS) is 23.0. The predicted molar refractivity (Wildman–Crippen MR) is 99.1 cm³/mol. The molecule has 1 aliphatic carbocycles. The Balaban J connectivity index is 0.00000200. The Labute approximate surface area is 143 Å². The summed E-state index contributed by atoms with van der Waals surface area (Å²) in [6, 6.07) is 4.82. The van der Waals surface area contributed by atoms with Gasteiger partial charge in [0.1, 0.15) is 0 Å². The molecule has 1 aromatic heterocycles. The van der Waals surface area contributed by atoms with Crippen LogP contribution < -0.4 is 10.6 Å². The molecule has 0 saturated heterocycles. The van der Waals surface area contributed by atoms with Gasteiger partial charge in [-0.2, -0.15) is 0 Å². The number of aliphatic imine (C=N–C) groups is 1. The van der Waals surface area contributed by atoms with Crippen molar-refractivity contribution in [2.24, 2.45) is 10.9 Å². The number of guanidine groups is 1. The smallest absolute Gasteiger partial charge is 0.191 e. The van der Waals surface area contributed by atoms with Crippen LogP contribution in [-0.4, -0.2) is 18.5 Å². The highest BCUT2D eigenvalue weighted by Gasteiger charge is 2.18. The van der Waals surface area contributed by atoms with Crippen LogP contribution in [0.1, 0.15) is 44.4 Å². The number of thiophene rings is 1. The minimum absolute atomic E-state index is 0. The summed E-state index contributed by atoms with van der Waals surface area (Å²) in [6.07, 6.45) is 5.21. The average Bonchev–Trinajstić information content (AvgIpc) is 2.92. The lowest BCUT2D eigenvalue weighted by Gasteiger charge is -2.28. The molecular formula is C15H26IN3S. The van der Waals surface area contributed by atoms with Crippen LogP contribution in [0.25, 0.3) is 0 Å². The third kappa shape index (κ3) is 5.99. The first kappa shape index (κ1) is 17.8. The van der Waals surface area contributed by atoms with Gasteiger partial charge in [0.15, 0.2) is 5.96 Å². The molecule has 1 aliphatic rings. The van der Waals surface area contributed by atoms with Crippen molar-refractivity contribution in [2.75, 3.05) is 6.54 Å². The van der Waals surface area contributed by atoms with Crippen LogP contribution in [0.3, 0.4) is 0 Å². The Bertz CT molecular complexity index is 384. The van der Waals surface area contributed by atoms with Gasteiger partial charge < -0.3 is 10.6 Å². The van der Waals surface area contributed by atoms with E-state index in [9.17, 15) is 0 Å². The number of nitrogens with zero attached hydrogens (tertiary/aromatic N) is 1. The minimum Gasteiger partial charge on any atom is -0.357 e. The Morgan fingerprint density at radius 1 is 1.35 bits per heavy atom. The van der Waals surface area contributed by atoms with E-state index in [4.69, 9.17) is 0 Å². The Morgan fingerprint density at radius 3 is 2.70 bits per heavy atom. The van der Waals surface area contributed by atoms with Crippen LogP contribution in [0.2, 0.25) is 0 Å². The fourth-order valence-electron chi connectivity index (χ4n) is 2.48. The number of halogens is 1. The molecule has 0 aliphatic heterocycles. The first-order valence-electron chi connectivity index (χ1n) is 7.35. The summed E-state index contributed by atoms with van der Waals surface area (Å²) in [7, 11) is 0. The Morgan fingerprint density at radius 2 is 2.10 bits per heavy atom. The molecule has 0 amide bonds. The van der Waals surface area contributed by atoms with Crippen molar-refractivity contribution < 1.29 is 0 Å². The van der Waals surface area contributed by atoms with Crippen molar-refractivity contribution in [2.45, 2.75) is 52.1 Å². The van der Waals surface area contributed by atoms with Gasteiger partial charge in [0.05, 0.1) is 6.54 Å². The van der Waals surface area contributed by atoms with Crippen molar-refractivity contribution in [3.8, 4) is 0 Å². The van der Waals surface area contributed by atoms with E-state index in [1.807, 2.05) is 0 Å². The second-order valence-corrected chi connectivity index (χ2v) is 6.41. The number of hydrogen-bond acceptors (Lipinski definition) is 2. The molecule has 0 radical (unpaired) electrons.